The van der Waals surface area contributed by atoms with Crippen LogP contribution in [0.4, 0.5) is 0 Å². The Bertz CT molecular complexity index is 901. The van der Waals surface area contributed by atoms with Crippen molar-refractivity contribution in [2.24, 2.45) is 7.05 Å². The van der Waals surface area contributed by atoms with Crippen molar-refractivity contribution >= 4 is 10.8 Å². The quantitative estimate of drug-likeness (QED) is 0.541. The van der Waals surface area contributed by atoms with Crippen molar-refractivity contribution in [2.45, 2.75) is 45.4 Å². The van der Waals surface area contributed by atoms with Gasteiger partial charge < -0.3 is 0 Å². The van der Waals surface area contributed by atoms with E-state index in [9.17, 15) is 0 Å². The maximum atomic E-state index is 2.47. The molecule has 2 aromatic carbocycles. The van der Waals surface area contributed by atoms with Crippen molar-refractivity contribution in [1.29, 1.82) is 0 Å². The number of fused-ring (bicyclic) bond motifs is 1. The summed E-state index contributed by atoms with van der Waals surface area (Å²) in [6.07, 6.45) is 7.66. The van der Waals surface area contributed by atoms with Crippen LogP contribution in [0.5, 0.6) is 0 Å². The monoisotopic (exact) mass is 316 g/mol. The molecule has 1 heteroatoms. The van der Waals surface area contributed by atoms with Gasteiger partial charge in [0.1, 0.15) is 7.05 Å². The lowest BCUT2D eigenvalue weighted by Gasteiger charge is -2.16. The molecule has 1 heterocycles. The van der Waals surface area contributed by atoms with Gasteiger partial charge >= 0.3 is 0 Å². The van der Waals surface area contributed by atoms with Gasteiger partial charge in [0.2, 0.25) is 5.69 Å². The summed E-state index contributed by atoms with van der Waals surface area (Å²) in [5.41, 5.74) is 7.11. The molecule has 1 aliphatic carbocycles. The third-order valence-corrected chi connectivity index (χ3v) is 5.82. The summed E-state index contributed by atoms with van der Waals surface area (Å²) in [4.78, 5) is 0. The van der Waals surface area contributed by atoms with E-state index in [2.05, 4.69) is 74.1 Å². The van der Waals surface area contributed by atoms with Crippen molar-refractivity contribution in [2.75, 3.05) is 0 Å². The van der Waals surface area contributed by atoms with Crippen molar-refractivity contribution in [3.05, 3.63) is 65.4 Å². The summed E-state index contributed by atoms with van der Waals surface area (Å²) >= 11 is 0. The molecule has 0 saturated heterocycles. The Morgan fingerprint density at radius 2 is 1.71 bits per heavy atom. The van der Waals surface area contributed by atoms with Gasteiger partial charge in [0, 0.05) is 6.07 Å². The predicted molar refractivity (Wildman–Crippen MR) is 101 cm³/mol. The molecule has 1 fully saturated rings. The minimum Gasteiger partial charge on any atom is -0.200 e. The summed E-state index contributed by atoms with van der Waals surface area (Å²) in [7, 11) is 2.17. The van der Waals surface area contributed by atoms with Crippen molar-refractivity contribution < 1.29 is 4.57 Å². The zero-order valence-electron chi connectivity index (χ0n) is 15.0. The van der Waals surface area contributed by atoms with Crippen molar-refractivity contribution in [3.8, 4) is 11.3 Å². The highest BCUT2D eigenvalue weighted by molar-refractivity contribution is 5.93. The molecule has 122 valence electrons. The summed E-state index contributed by atoms with van der Waals surface area (Å²) in [6, 6.07) is 15.8. The molecule has 1 saturated carbocycles. The van der Waals surface area contributed by atoms with E-state index >= 15 is 0 Å². The number of hydrogen-bond donors (Lipinski definition) is 0. The molecule has 0 bridgehead atoms. The van der Waals surface area contributed by atoms with Gasteiger partial charge in [-0.05, 0) is 66.8 Å². The van der Waals surface area contributed by atoms with Gasteiger partial charge in [-0.1, -0.05) is 37.1 Å². The molecule has 0 spiro atoms. The van der Waals surface area contributed by atoms with Gasteiger partial charge in [0.25, 0.3) is 0 Å². The molecular weight excluding hydrogens is 290 g/mol. The maximum absolute atomic E-state index is 2.47. The van der Waals surface area contributed by atoms with Gasteiger partial charge in [-0.25, -0.2) is 4.57 Å². The third-order valence-electron chi connectivity index (χ3n) is 5.82. The van der Waals surface area contributed by atoms with Crippen LogP contribution < -0.4 is 4.57 Å². The smallest absolute Gasteiger partial charge is 0.200 e. The third kappa shape index (κ3) is 2.53. The Morgan fingerprint density at radius 1 is 0.958 bits per heavy atom. The fourth-order valence-corrected chi connectivity index (χ4v) is 4.28. The van der Waals surface area contributed by atoms with Crippen LogP contribution in [-0.2, 0) is 7.05 Å². The molecule has 1 nitrogen and oxygen atoms in total. The SMILES string of the molecule is Cc1cc(C2CCCC2)cc(-c2c3ccccc3cc[n+]2C)c1C. The fraction of sp³-hybridized carbons (Fsp3) is 0.348. The van der Waals surface area contributed by atoms with Crippen LogP contribution in [0, 0.1) is 13.8 Å². The molecule has 0 radical (unpaired) electrons. The second-order valence-corrected chi connectivity index (χ2v) is 7.35. The van der Waals surface area contributed by atoms with E-state index in [1.165, 1.54) is 58.8 Å². The number of pyridine rings is 1. The Labute approximate surface area is 145 Å². The first kappa shape index (κ1) is 15.4. The van der Waals surface area contributed by atoms with E-state index in [4.69, 9.17) is 0 Å². The molecule has 1 aromatic heterocycles. The first-order chi connectivity index (χ1) is 11.6. The van der Waals surface area contributed by atoms with E-state index in [-0.39, 0.29) is 0 Å². The predicted octanol–water partition coefficient (Wildman–Crippen LogP) is 5.61. The standard InChI is InChI=1S/C23H26N/c1-16-14-20(18-8-4-5-9-18)15-22(17(16)2)23-21-11-7-6-10-19(21)12-13-24(23)3/h6-7,10-15,18H,4-5,8-9H2,1-3H3/q+1. The molecule has 0 amide bonds. The van der Waals surface area contributed by atoms with E-state index in [1.807, 2.05) is 0 Å². The number of rotatable bonds is 2. The average Bonchev–Trinajstić information content (AvgIpc) is 3.12. The molecule has 24 heavy (non-hydrogen) atoms. The van der Waals surface area contributed by atoms with Crippen LogP contribution in [-0.4, -0.2) is 0 Å². The Morgan fingerprint density at radius 3 is 2.50 bits per heavy atom. The highest BCUT2D eigenvalue weighted by atomic mass is 14.9. The van der Waals surface area contributed by atoms with Crippen LogP contribution in [0.15, 0.2) is 48.7 Å². The first-order valence-electron chi connectivity index (χ1n) is 9.14. The zero-order chi connectivity index (χ0) is 16.7. The van der Waals surface area contributed by atoms with E-state index < -0.39 is 0 Å². The van der Waals surface area contributed by atoms with E-state index in [0.717, 1.165) is 5.92 Å². The van der Waals surface area contributed by atoms with Crippen molar-refractivity contribution in [3.63, 3.8) is 0 Å². The highest BCUT2D eigenvalue weighted by Crippen LogP contribution is 2.38. The lowest BCUT2D eigenvalue weighted by Crippen LogP contribution is -2.30. The number of aryl methyl sites for hydroxylation is 2. The van der Waals surface area contributed by atoms with Gasteiger partial charge in [-0.3, -0.25) is 0 Å². The molecule has 3 aromatic rings. The maximum Gasteiger partial charge on any atom is 0.220 e. The largest absolute Gasteiger partial charge is 0.220 e. The fourth-order valence-electron chi connectivity index (χ4n) is 4.28. The van der Waals surface area contributed by atoms with Crippen LogP contribution in [0.1, 0.15) is 48.3 Å². The molecule has 4 rings (SSSR count). The summed E-state index contributed by atoms with van der Waals surface area (Å²) in [5.74, 6) is 0.753. The summed E-state index contributed by atoms with van der Waals surface area (Å²) < 4.78 is 2.28. The number of nitrogens with zero attached hydrogens (tertiary/aromatic N) is 1. The lowest BCUT2D eigenvalue weighted by atomic mass is 9.89. The number of benzene rings is 2. The molecule has 0 N–H and O–H groups in total. The minimum absolute atomic E-state index is 0.753. The van der Waals surface area contributed by atoms with Crippen molar-refractivity contribution in [1.82, 2.24) is 0 Å². The highest BCUT2D eigenvalue weighted by Gasteiger charge is 2.22. The van der Waals surface area contributed by atoms with Crippen LogP contribution >= 0.6 is 0 Å². The van der Waals surface area contributed by atoms with Crippen LogP contribution in [0.2, 0.25) is 0 Å². The van der Waals surface area contributed by atoms with Gasteiger partial charge in [-0.2, -0.15) is 0 Å². The van der Waals surface area contributed by atoms with E-state index in [1.54, 1.807) is 5.56 Å². The van der Waals surface area contributed by atoms with Gasteiger partial charge in [0.05, 0.1) is 10.9 Å². The summed E-state index contributed by atoms with van der Waals surface area (Å²) in [5, 5.41) is 2.66. The number of aromatic nitrogens is 1. The Kier molecular flexibility index (Phi) is 3.88. The van der Waals surface area contributed by atoms with E-state index in [0.29, 0.717) is 0 Å². The minimum atomic E-state index is 0.753. The number of hydrogen-bond acceptors (Lipinski definition) is 0. The first-order valence-corrected chi connectivity index (χ1v) is 9.14. The second kappa shape index (κ2) is 6.05. The van der Waals surface area contributed by atoms with Gasteiger partial charge in [0.15, 0.2) is 6.20 Å². The summed E-state index contributed by atoms with van der Waals surface area (Å²) in [6.45, 7) is 4.54. The van der Waals surface area contributed by atoms with Gasteiger partial charge in [-0.15, -0.1) is 0 Å². The normalized spacial score (nSPS) is 15.3. The second-order valence-electron chi connectivity index (χ2n) is 7.35. The molecule has 1 aliphatic rings. The molecule has 0 unspecified atom stereocenters. The molecule has 0 aliphatic heterocycles. The molecular formula is C23H26N+. The van der Waals surface area contributed by atoms with Crippen LogP contribution in [0.3, 0.4) is 0 Å². The molecule has 0 atom stereocenters. The lowest BCUT2D eigenvalue weighted by molar-refractivity contribution is -0.659. The van der Waals surface area contributed by atoms with Crippen LogP contribution in [0.25, 0.3) is 22.0 Å². The zero-order valence-corrected chi connectivity index (χ0v) is 15.0. The Balaban J connectivity index is 1.98. The Hall–Kier alpha value is -2.15. The topological polar surface area (TPSA) is 3.88 Å². The average molecular weight is 316 g/mol.